The number of rotatable bonds is 5. The van der Waals surface area contributed by atoms with Crippen LogP contribution in [0.4, 0.5) is 21.7 Å². The van der Waals surface area contributed by atoms with E-state index in [2.05, 4.69) is 10.3 Å². The highest BCUT2D eigenvalue weighted by Crippen LogP contribution is 2.24. The van der Waals surface area contributed by atoms with Crippen LogP contribution in [0.1, 0.15) is 12.5 Å². The maximum absolute atomic E-state index is 12.8. The Bertz CT molecular complexity index is 646. The van der Waals surface area contributed by atoms with Crippen LogP contribution in [0.25, 0.3) is 0 Å². The van der Waals surface area contributed by atoms with E-state index in [4.69, 9.17) is 5.73 Å². The molecule has 2 rings (SSSR count). The first kappa shape index (κ1) is 14.7. The summed E-state index contributed by atoms with van der Waals surface area (Å²) in [5.41, 5.74) is 6.35. The largest absolute Gasteiger partial charge is 0.384 e. The van der Waals surface area contributed by atoms with E-state index >= 15 is 0 Å². The maximum atomic E-state index is 12.8. The van der Waals surface area contributed by atoms with Crippen molar-refractivity contribution in [3.05, 3.63) is 57.9 Å². The van der Waals surface area contributed by atoms with Crippen molar-refractivity contribution >= 4 is 17.3 Å². The molecule has 0 saturated heterocycles. The van der Waals surface area contributed by atoms with Gasteiger partial charge in [0, 0.05) is 12.1 Å². The van der Waals surface area contributed by atoms with Crippen LogP contribution in [0.2, 0.25) is 0 Å². The summed E-state index contributed by atoms with van der Waals surface area (Å²) >= 11 is 0. The quantitative estimate of drug-likeness (QED) is 0.652. The van der Waals surface area contributed by atoms with E-state index in [9.17, 15) is 14.5 Å². The lowest BCUT2D eigenvalue weighted by molar-refractivity contribution is -0.384. The second-order valence-electron chi connectivity index (χ2n) is 4.74. The third-order valence-electron chi connectivity index (χ3n) is 2.93. The summed E-state index contributed by atoms with van der Waals surface area (Å²) in [6, 6.07) is 8.68. The van der Waals surface area contributed by atoms with Crippen LogP contribution in [0.3, 0.4) is 0 Å². The van der Waals surface area contributed by atoms with Gasteiger partial charge in [-0.25, -0.2) is 9.37 Å². The fourth-order valence-corrected chi connectivity index (χ4v) is 1.98. The van der Waals surface area contributed by atoms with Gasteiger partial charge < -0.3 is 11.1 Å². The Morgan fingerprint density at radius 2 is 2.00 bits per heavy atom. The van der Waals surface area contributed by atoms with Crippen molar-refractivity contribution in [2.24, 2.45) is 0 Å². The van der Waals surface area contributed by atoms with Gasteiger partial charge in [-0.15, -0.1) is 0 Å². The predicted molar refractivity (Wildman–Crippen MR) is 78.5 cm³/mol. The number of hydrogen-bond donors (Lipinski definition) is 2. The molecule has 0 bridgehead atoms. The Morgan fingerprint density at radius 3 is 2.62 bits per heavy atom. The normalized spacial score (nSPS) is 11.9. The maximum Gasteiger partial charge on any atom is 0.311 e. The molecule has 2 aromatic rings. The Morgan fingerprint density at radius 1 is 1.33 bits per heavy atom. The summed E-state index contributed by atoms with van der Waals surface area (Å²) in [6.45, 7) is 1.86. The molecule has 0 saturated carbocycles. The van der Waals surface area contributed by atoms with Crippen LogP contribution in [-0.2, 0) is 6.42 Å². The Balaban J connectivity index is 2.12. The number of nitrogens with zero attached hydrogens (tertiary/aromatic N) is 2. The zero-order valence-electron chi connectivity index (χ0n) is 11.4. The number of benzene rings is 1. The number of aromatic nitrogens is 1. The molecule has 1 atom stereocenters. The molecule has 3 N–H and O–H groups in total. The molecule has 1 aromatic carbocycles. The summed E-state index contributed by atoms with van der Waals surface area (Å²) in [5, 5.41) is 13.9. The van der Waals surface area contributed by atoms with Gasteiger partial charge >= 0.3 is 5.69 Å². The minimum absolute atomic E-state index is 0.122. The highest BCUT2D eigenvalue weighted by molar-refractivity contribution is 5.59. The van der Waals surface area contributed by atoms with Gasteiger partial charge in [0.05, 0.1) is 4.92 Å². The molecule has 7 heteroatoms. The van der Waals surface area contributed by atoms with Crippen LogP contribution < -0.4 is 11.1 Å². The first-order chi connectivity index (χ1) is 9.95. The number of pyridine rings is 1. The van der Waals surface area contributed by atoms with Gasteiger partial charge in [0.25, 0.3) is 0 Å². The number of nitrogens with one attached hydrogen (secondary N) is 1. The molecule has 0 aliphatic heterocycles. The molecule has 1 heterocycles. The van der Waals surface area contributed by atoms with E-state index in [-0.39, 0.29) is 29.2 Å². The Kier molecular flexibility index (Phi) is 4.32. The smallest absolute Gasteiger partial charge is 0.311 e. The lowest BCUT2D eigenvalue weighted by Gasteiger charge is -2.15. The third-order valence-corrected chi connectivity index (χ3v) is 2.93. The average Bonchev–Trinajstić information content (AvgIpc) is 2.41. The van der Waals surface area contributed by atoms with Crippen molar-refractivity contribution in [3.63, 3.8) is 0 Å². The zero-order valence-corrected chi connectivity index (χ0v) is 11.4. The number of nitrogen functional groups attached to an aromatic ring is 1. The molecule has 0 spiro atoms. The Labute approximate surface area is 121 Å². The SMILES string of the molecule is CC(Cc1ccc(F)cc1)Nc1nc(N)ccc1[N+](=O)[O-]. The van der Waals surface area contributed by atoms with E-state index in [1.165, 1.54) is 24.3 Å². The monoisotopic (exact) mass is 290 g/mol. The molecule has 1 aromatic heterocycles. The van der Waals surface area contributed by atoms with Crippen molar-refractivity contribution in [2.45, 2.75) is 19.4 Å². The van der Waals surface area contributed by atoms with Gasteiger partial charge in [-0.05, 0) is 37.1 Å². The first-order valence-electron chi connectivity index (χ1n) is 6.37. The third kappa shape index (κ3) is 3.88. The second-order valence-corrected chi connectivity index (χ2v) is 4.74. The average molecular weight is 290 g/mol. The number of halogens is 1. The van der Waals surface area contributed by atoms with Crippen LogP contribution in [0.5, 0.6) is 0 Å². The molecule has 0 amide bonds. The first-order valence-corrected chi connectivity index (χ1v) is 6.37. The summed E-state index contributed by atoms with van der Waals surface area (Å²) in [6.07, 6.45) is 0.577. The number of hydrogen-bond acceptors (Lipinski definition) is 5. The van der Waals surface area contributed by atoms with Gasteiger partial charge in [0.2, 0.25) is 5.82 Å². The summed E-state index contributed by atoms with van der Waals surface area (Å²) in [5.74, 6) is 0.0409. The van der Waals surface area contributed by atoms with Crippen LogP contribution in [-0.4, -0.2) is 15.9 Å². The van der Waals surface area contributed by atoms with Crippen molar-refractivity contribution in [2.75, 3.05) is 11.1 Å². The van der Waals surface area contributed by atoms with E-state index in [0.29, 0.717) is 6.42 Å². The number of anilines is 2. The predicted octanol–water partition coefficient (Wildman–Crippen LogP) is 2.75. The zero-order chi connectivity index (χ0) is 15.4. The standard InChI is InChI=1S/C14H15FN4O2/c1-9(8-10-2-4-11(15)5-3-10)17-14-12(19(20)21)6-7-13(16)18-14/h2-7,9H,8H2,1H3,(H3,16,17,18). The lowest BCUT2D eigenvalue weighted by Crippen LogP contribution is -2.20. The van der Waals surface area contributed by atoms with E-state index in [1.807, 2.05) is 6.92 Å². The summed E-state index contributed by atoms with van der Waals surface area (Å²) in [4.78, 5) is 14.4. The molecule has 21 heavy (non-hydrogen) atoms. The molecule has 0 aliphatic carbocycles. The van der Waals surface area contributed by atoms with E-state index in [0.717, 1.165) is 5.56 Å². The minimum Gasteiger partial charge on any atom is -0.384 e. The van der Waals surface area contributed by atoms with E-state index < -0.39 is 4.92 Å². The van der Waals surface area contributed by atoms with Crippen LogP contribution in [0, 0.1) is 15.9 Å². The molecular weight excluding hydrogens is 275 g/mol. The van der Waals surface area contributed by atoms with Gasteiger partial charge in [-0.2, -0.15) is 0 Å². The molecule has 6 nitrogen and oxygen atoms in total. The molecule has 0 aliphatic rings. The van der Waals surface area contributed by atoms with Gasteiger partial charge in [-0.1, -0.05) is 12.1 Å². The van der Waals surface area contributed by atoms with Gasteiger partial charge in [-0.3, -0.25) is 10.1 Å². The summed E-state index contributed by atoms with van der Waals surface area (Å²) in [7, 11) is 0. The van der Waals surface area contributed by atoms with Gasteiger partial charge in [0.1, 0.15) is 11.6 Å². The van der Waals surface area contributed by atoms with Crippen molar-refractivity contribution in [1.29, 1.82) is 0 Å². The molecule has 0 radical (unpaired) electrons. The fraction of sp³-hybridized carbons (Fsp3) is 0.214. The molecule has 110 valence electrons. The lowest BCUT2D eigenvalue weighted by atomic mass is 10.1. The number of nitrogens with two attached hydrogens (primary N) is 1. The number of nitro groups is 1. The molecule has 0 fully saturated rings. The highest BCUT2D eigenvalue weighted by Gasteiger charge is 2.17. The highest BCUT2D eigenvalue weighted by atomic mass is 19.1. The fourth-order valence-electron chi connectivity index (χ4n) is 1.98. The van der Waals surface area contributed by atoms with Crippen LogP contribution >= 0.6 is 0 Å². The molecular formula is C14H15FN4O2. The Hall–Kier alpha value is -2.70. The summed E-state index contributed by atoms with van der Waals surface area (Å²) < 4.78 is 12.8. The second kappa shape index (κ2) is 6.17. The topological polar surface area (TPSA) is 94.1 Å². The minimum atomic E-state index is -0.514. The van der Waals surface area contributed by atoms with E-state index in [1.54, 1.807) is 12.1 Å². The van der Waals surface area contributed by atoms with Crippen molar-refractivity contribution in [3.8, 4) is 0 Å². The molecule has 1 unspecified atom stereocenters. The van der Waals surface area contributed by atoms with Crippen molar-refractivity contribution < 1.29 is 9.31 Å². The van der Waals surface area contributed by atoms with Crippen LogP contribution in [0.15, 0.2) is 36.4 Å². The van der Waals surface area contributed by atoms with Crippen molar-refractivity contribution in [1.82, 2.24) is 4.98 Å². The van der Waals surface area contributed by atoms with Gasteiger partial charge in [0.15, 0.2) is 0 Å².